The van der Waals surface area contributed by atoms with Crippen molar-refractivity contribution in [2.75, 3.05) is 40.3 Å². The van der Waals surface area contributed by atoms with E-state index in [1.165, 1.54) is 39.2 Å². The summed E-state index contributed by atoms with van der Waals surface area (Å²) in [6.45, 7) is 2.82. The summed E-state index contributed by atoms with van der Waals surface area (Å²) in [5.74, 6) is 1.43. The van der Waals surface area contributed by atoms with E-state index in [2.05, 4.69) is 20.5 Å². The molecule has 1 aliphatic heterocycles. The van der Waals surface area contributed by atoms with Crippen LogP contribution in [0, 0.1) is 11.8 Å². The zero-order chi connectivity index (χ0) is 18.8. The Balaban J connectivity index is 0.00000364. The lowest BCUT2D eigenvalue weighted by Crippen LogP contribution is -2.48. The highest BCUT2D eigenvalue weighted by atomic mass is 127. The Morgan fingerprint density at radius 3 is 2.26 bits per heavy atom. The minimum Gasteiger partial charge on any atom is -0.469 e. The third-order valence-electron chi connectivity index (χ3n) is 5.47. The number of aliphatic imine (C=N–C) groups is 1. The fourth-order valence-electron chi connectivity index (χ4n) is 3.93. The van der Waals surface area contributed by atoms with Crippen molar-refractivity contribution >= 4 is 41.8 Å². The standard InChI is InChI=1S/C19H34N4O3.HI/c1-20-19(23-12-8-16(9-13-23)18(25)26-2)22-11-10-21-17(24)14-15-6-4-3-5-7-15;/h15-16H,3-14H2,1-2H3,(H,20,22)(H,21,24);1H. The second-order valence-electron chi connectivity index (χ2n) is 7.32. The molecule has 1 amide bonds. The van der Waals surface area contributed by atoms with E-state index in [-0.39, 0.29) is 41.8 Å². The zero-order valence-corrected chi connectivity index (χ0v) is 19.0. The highest BCUT2D eigenvalue weighted by molar-refractivity contribution is 14.0. The Hall–Kier alpha value is -1.06. The zero-order valence-electron chi connectivity index (χ0n) is 16.7. The van der Waals surface area contributed by atoms with Crippen LogP contribution in [-0.4, -0.2) is 63.1 Å². The van der Waals surface area contributed by atoms with Crippen LogP contribution in [0.15, 0.2) is 4.99 Å². The third kappa shape index (κ3) is 8.23. The molecule has 0 aromatic heterocycles. The average Bonchev–Trinajstić information content (AvgIpc) is 2.68. The van der Waals surface area contributed by atoms with E-state index in [4.69, 9.17) is 4.74 Å². The molecule has 1 saturated carbocycles. The van der Waals surface area contributed by atoms with Crippen LogP contribution in [0.3, 0.4) is 0 Å². The van der Waals surface area contributed by atoms with Crippen molar-refractivity contribution in [1.82, 2.24) is 15.5 Å². The predicted octanol–water partition coefficient (Wildman–Crippen LogP) is 2.15. The van der Waals surface area contributed by atoms with Gasteiger partial charge in [0.15, 0.2) is 5.96 Å². The van der Waals surface area contributed by atoms with Crippen LogP contribution in [0.1, 0.15) is 51.4 Å². The molecule has 0 aromatic carbocycles. The molecule has 2 rings (SSSR count). The molecule has 0 bridgehead atoms. The number of piperidine rings is 1. The fourth-order valence-corrected chi connectivity index (χ4v) is 3.93. The van der Waals surface area contributed by atoms with Gasteiger partial charge in [0.2, 0.25) is 5.91 Å². The fraction of sp³-hybridized carbons (Fsp3) is 0.842. The van der Waals surface area contributed by atoms with Crippen LogP contribution in [0.4, 0.5) is 0 Å². The van der Waals surface area contributed by atoms with Crippen molar-refractivity contribution in [2.45, 2.75) is 51.4 Å². The summed E-state index contributed by atoms with van der Waals surface area (Å²) in [4.78, 5) is 30.1. The summed E-state index contributed by atoms with van der Waals surface area (Å²) >= 11 is 0. The van der Waals surface area contributed by atoms with Gasteiger partial charge in [0.1, 0.15) is 0 Å². The summed E-state index contributed by atoms with van der Waals surface area (Å²) < 4.78 is 4.82. The molecule has 156 valence electrons. The number of carbonyl (C=O) groups is 2. The summed E-state index contributed by atoms with van der Waals surface area (Å²) in [5, 5.41) is 6.31. The lowest BCUT2D eigenvalue weighted by Gasteiger charge is -2.33. The Morgan fingerprint density at radius 2 is 1.67 bits per heavy atom. The highest BCUT2D eigenvalue weighted by Crippen LogP contribution is 2.26. The summed E-state index contributed by atoms with van der Waals surface area (Å²) in [6.07, 6.45) is 8.47. The van der Waals surface area contributed by atoms with Gasteiger partial charge in [-0.25, -0.2) is 0 Å². The Labute approximate surface area is 180 Å². The quantitative estimate of drug-likeness (QED) is 0.195. The van der Waals surface area contributed by atoms with E-state index >= 15 is 0 Å². The lowest BCUT2D eigenvalue weighted by molar-refractivity contribution is -0.146. The second kappa shape index (κ2) is 13.2. The molecule has 0 atom stereocenters. The molecule has 2 fully saturated rings. The van der Waals surface area contributed by atoms with Crippen LogP contribution in [0.2, 0.25) is 0 Å². The molecule has 1 heterocycles. The van der Waals surface area contributed by atoms with Gasteiger partial charge in [-0.3, -0.25) is 14.6 Å². The third-order valence-corrected chi connectivity index (χ3v) is 5.47. The number of halogens is 1. The number of nitrogens with one attached hydrogen (secondary N) is 2. The molecule has 8 heteroatoms. The molecule has 7 nitrogen and oxygen atoms in total. The van der Waals surface area contributed by atoms with Crippen molar-refractivity contribution in [3.8, 4) is 0 Å². The van der Waals surface area contributed by atoms with E-state index < -0.39 is 0 Å². The molecule has 0 radical (unpaired) electrons. The van der Waals surface area contributed by atoms with E-state index in [0.717, 1.165) is 31.9 Å². The number of amides is 1. The number of carbonyl (C=O) groups excluding carboxylic acids is 2. The Bertz CT molecular complexity index is 487. The number of esters is 1. The first-order valence-electron chi connectivity index (χ1n) is 9.94. The topological polar surface area (TPSA) is 83.0 Å². The van der Waals surface area contributed by atoms with Crippen molar-refractivity contribution in [2.24, 2.45) is 16.8 Å². The number of ether oxygens (including phenoxy) is 1. The normalized spacial score (nSPS) is 19.2. The largest absolute Gasteiger partial charge is 0.469 e. The molecule has 27 heavy (non-hydrogen) atoms. The number of rotatable bonds is 6. The molecule has 1 saturated heterocycles. The Kier molecular flexibility index (Phi) is 11.7. The predicted molar refractivity (Wildman–Crippen MR) is 117 cm³/mol. The van der Waals surface area contributed by atoms with Crippen molar-refractivity contribution in [1.29, 1.82) is 0 Å². The number of guanidine groups is 1. The smallest absolute Gasteiger partial charge is 0.308 e. The SMILES string of the molecule is CN=C(NCCNC(=O)CC1CCCCC1)N1CCC(C(=O)OC)CC1.I. The van der Waals surface area contributed by atoms with Crippen molar-refractivity contribution in [3.05, 3.63) is 0 Å². The van der Waals surface area contributed by atoms with E-state index in [0.29, 0.717) is 25.4 Å². The molecule has 0 spiro atoms. The van der Waals surface area contributed by atoms with Crippen LogP contribution < -0.4 is 10.6 Å². The van der Waals surface area contributed by atoms with Crippen molar-refractivity contribution < 1.29 is 14.3 Å². The molecular weight excluding hydrogens is 459 g/mol. The number of hydrogen-bond donors (Lipinski definition) is 2. The van der Waals surface area contributed by atoms with Gasteiger partial charge in [0, 0.05) is 39.6 Å². The summed E-state index contributed by atoms with van der Waals surface area (Å²) in [5.41, 5.74) is 0. The van der Waals surface area contributed by atoms with Gasteiger partial charge in [-0.05, 0) is 31.6 Å². The highest BCUT2D eigenvalue weighted by Gasteiger charge is 2.26. The number of nitrogens with zero attached hydrogens (tertiary/aromatic N) is 2. The van der Waals surface area contributed by atoms with Gasteiger partial charge in [-0.2, -0.15) is 0 Å². The van der Waals surface area contributed by atoms with E-state index in [1.807, 2.05) is 0 Å². The molecule has 0 unspecified atom stereocenters. The maximum Gasteiger partial charge on any atom is 0.308 e. The molecule has 2 N–H and O–H groups in total. The van der Waals surface area contributed by atoms with Crippen molar-refractivity contribution in [3.63, 3.8) is 0 Å². The van der Waals surface area contributed by atoms with Gasteiger partial charge >= 0.3 is 5.97 Å². The van der Waals surface area contributed by atoms with E-state index in [1.54, 1.807) is 7.05 Å². The minimum atomic E-state index is -0.117. The van der Waals surface area contributed by atoms with Crippen LogP contribution in [-0.2, 0) is 14.3 Å². The van der Waals surface area contributed by atoms with Gasteiger partial charge in [-0.1, -0.05) is 19.3 Å². The minimum absolute atomic E-state index is 0. The van der Waals surface area contributed by atoms with Gasteiger partial charge in [-0.15, -0.1) is 24.0 Å². The summed E-state index contributed by atoms with van der Waals surface area (Å²) in [7, 11) is 3.20. The molecule has 0 aromatic rings. The number of methoxy groups -OCH3 is 1. The van der Waals surface area contributed by atoms with Gasteiger partial charge in [0.25, 0.3) is 0 Å². The lowest BCUT2D eigenvalue weighted by atomic mass is 9.87. The van der Waals surface area contributed by atoms with E-state index in [9.17, 15) is 9.59 Å². The van der Waals surface area contributed by atoms with Crippen LogP contribution in [0.5, 0.6) is 0 Å². The Morgan fingerprint density at radius 1 is 1.04 bits per heavy atom. The first kappa shape index (κ1) is 24.0. The molecule has 2 aliphatic rings. The monoisotopic (exact) mass is 494 g/mol. The van der Waals surface area contributed by atoms with Gasteiger partial charge < -0.3 is 20.3 Å². The molecular formula is C19H35IN4O3. The first-order chi connectivity index (χ1) is 12.6. The summed E-state index contributed by atoms with van der Waals surface area (Å²) in [6, 6.07) is 0. The molecule has 1 aliphatic carbocycles. The maximum atomic E-state index is 12.0. The number of hydrogen-bond acceptors (Lipinski definition) is 4. The van der Waals surface area contributed by atoms with Crippen LogP contribution >= 0.6 is 24.0 Å². The van der Waals surface area contributed by atoms with Crippen LogP contribution in [0.25, 0.3) is 0 Å². The van der Waals surface area contributed by atoms with Gasteiger partial charge in [0.05, 0.1) is 13.0 Å². The second-order valence-corrected chi connectivity index (χ2v) is 7.32. The first-order valence-corrected chi connectivity index (χ1v) is 9.94. The number of likely N-dealkylation sites (tertiary alicyclic amines) is 1. The average molecular weight is 494 g/mol. The maximum absolute atomic E-state index is 12.0.